The van der Waals surface area contributed by atoms with Crippen LogP contribution < -0.4 is 5.32 Å². The van der Waals surface area contributed by atoms with Gasteiger partial charge in [0.05, 0.1) is 12.7 Å². The third-order valence-electron chi connectivity index (χ3n) is 2.47. The summed E-state index contributed by atoms with van der Waals surface area (Å²) in [6, 6.07) is 6.84. The molecule has 0 aliphatic rings. The number of hydrogen-bond acceptors (Lipinski definition) is 5. The van der Waals surface area contributed by atoms with Crippen molar-refractivity contribution in [1.29, 1.82) is 0 Å². The fraction of sp³-hybridized carbons (Fsp3) is 0.250. The van der Waals surface area contributed by atoms with Crippen LogP contribution in [0.4, 0.5) is 5.82 Å². The predicted octanol–water partition coefficient (Wildman–Crippen LogP) is 0.705. The monoisotopic (exact) mass is 234 g/mol. The van der Waals surface area contributed by atoms with Crippen LogP contribution >= 0.6 is 0 Å². The van der Waals surface area contributed by atoms with Crippen molar-refractivity contribution in [2.45, 2.75) is 6.10 Å². The maximum absolute atomic E-state index is 9.43. The Labute approximate surface area is 98.4 Å². The lowest BCUT2D eigenvalue weighted by atomic mass is 10.1. The summed E-state index contributed by atoms with van der Waals surface area (Å²) in [6.45, 7) is -0.0959. The number of nitrogens with zero attached hydrogens (tertiary/aromatic N) is 1. The van der Waals surface area contributed by atoms with Crippen molar-refractivity contribution in [1.82, 2.24) is 4.98 Å². The van der Waals surface area contributed by atoms with Crippen molar-refractivity contribution >= 4 is 16.6 Å². The molecule has 5 nitrogen and oxygen atoms in total. The molecule has 0 saturated heterocycles. The minimum absolute atomic E-state index is 0.163. The minimum atomic E-state index is -0.829. The Balaban J connectivity index is 2.30. The molecule has 17 heavy (non-hydrogen) atoms. The van der Waals surface area contributed by atoms with E-state index in [2.05, 4.69) is 10.3 Å². The fourth-order valence-corrected chi connectivity index (χ4v) is 1.58. The number of benzene rings is 1. The van der Waals surface area contributed by atoms with Crippen LogP contribution in [0.5, 0.6) is 5.75 Å². The SMILES string of the molecule is OCC(O)CNc1nccc2ccc(O)cc12. The van der Waals surface area contributed by atoms with Crippen LogP contribution in [0.15, 0.2) is 30.5 Å². The van der Waals surface area contributed by atoms with Gasteiger partial charge in [0.15, 0.2) is 0 Å². The molecule has 1 aromatic carbocycles. The molecule has 0 amide bonds. The standard InChI is InChI=1S/C12H14N2O3/c15-7-10(17)6-14-12-11-5-9(16)2-1-8(11)3-4-13-12/h1-5,10,15-17H,6-7H2,(H,13,14). The van der Waals surface area contributed by atoms with Gasteiger partial charge in [-0.25, -0.2) is 4.98 Å². The predicted molar refractivity (Wildman–Crippen MR) is 65.0 cm³/mol. The number of fused-ring (bicyclic) bond motifs is 1. The summed E-state index contributed by atoms with van der Waals surface area (Å²) in [6.07, 6.45) is 0.817. The van der Waals surface area contributed by atoms with Gasteiger partial charge < -0.3 is 20.6 Å². The van der Waals surface area contributed by atoms with Crippen LogP contribution in [-0.2, 0) is 0 Å². The number of phenolic OH excluding ortho intramolecular Hbond substituents is 1. The Bertz CT molecular complexity index is 516. The van der Waals surface area contributed by atoms with Gasteiger partial charge in [-0.05, 0) is 23.6 Å². The van der Waals surface area contributed by atoms with Crippen molar-refractivity contribution in [3.63, 3.8) is 0 Å². The Morgan fingerprint density at radius 3 is 2.88 bits per heavy atom. The molecule has 0 bridgehead atoms. The van der Waals surface area contributed by atoms with E-state index in [4.69, 9.17) is 5.11 Å². The van der Waals surface area contributed by atoms with Gasteiger partial charge in [0.25, 0.3) is 0 Å². The highest BCUT2D eigenvalue weighted by molar-refractivity contribution is 5.92. The van der Waals surface area contributed by atoms with Crippen molar-refractivity contribution in [2.24, 2.45) is 0 Å². The number of pyridine rings is 1. The van der Waals surface area contributed by atoms with Gasteiger partial charge in [0.1, 0.15) is 11.6 Å². The van der Waals surface area contributed by atoms with Gasteiger partial charge in [0, 0.05) is 18.1 Å². The number of aliphatic hydroxyl groups is 2. The van der Waals surface area contributed by atoms with Crippen molar-refractivity contribution in [3.8, 4) is 5.75 Å². The summed E-state index contributed by atoms with van der Waals surface area (Å²) in [5.41, 5.74) is 0. The molecule has 5 heteroatoms. The summed E-state index contributed by atoms with van der Waals surface area (Å²) < 4.78 is 0. The molecule has 1 atom stereocenters. The first kappa shape index (κ1) is 11.6. The van der Waals surface area contributed by atoms with E-state index in [1.165, 1.54) is 0 Å². The smallest absolute Gasteiger partial charge is 0.134 e. The fourth-order valence-electron chi connectivity index (χ4n) is 1.58. The molecule has 2 rings (SSSR count). The van der Waals surface area contributed by atoms with E-state index < -0.39 is 6.10 Å². The number of phenols is 1. The summed E-state index contributed by atoms with van der Waals surface area (Å²) in [7, 11) is 0. The zero-order chi connectivity index (χ0) is 12.3. The molecule has 0 saturated carbocycles. The Kier molecular flexibility index (Phi) is 3.41. The number of nitrogens with one attached hydrogen (secondary N) is 1. The highest BCUT2D eigenvalue weighted by atomic mass is 16.3. The number of aromatic nitrogens is 1. The first-order valence-corrected chi connectivity index (χ1v) is 5.31. The maximum atomic E-state index is 9.43. The lowest BCUT2D eigenvalue weighted by Crippen LogP contribution is -2.23. The van der Waals surface area contributed by atoms with Crippen LogP contribution in [0.3, 0.4) is 0 Å². The molecule has 0 spiro atoms. The maximum Gasteiger partial charge on any atom is 0.134 e. The van der Waals surface area contributed by atoms with Crippen molar-refractivity contribution in [2.75, 3.05) is 18.5 Å². The van der Waals surface area contributed by atoms with E-state index in [0.29, 0.717) is 5.82 Å². The van der Waals surface area contributed by atoms with Crippen molar-refractivity contribution in [3.05, 3.63) is 30.5 Å². The zero-order valence-electron chi connectivity index (χ0n) is 9.17. The molecule has 90 valence electrons. The van der Waals surface area contributed by atoms with Gasteiger partial charge in [-0.15, -0.1) is 0 Å². The molecule has 0 fully saturated rings. The first-order valence-electron chi connectivity index (χ1n) is 5.31. The van der Waals surface area contributed by atoms with Crippen LogP contribution in [0, 0.1) is 0 Å². The van der Waals surface area contributed by atoms with E-state index >= 15 is 0 Å². The summed E-state index contributed by atoms with van der Waals surface area (Å²) in [5.74, 6) is 0.738. The Morgan fingerprint density at radius 2 is 2.12 bits per heavy atom. The minimum Gasteiger partial charge on any atom is -0.508 e. The largest absolute Gasteiger partial charge is 0.508 e. The van der Waals surface area contributed by atoms with Crippen molar-refractivity contribution < 1.29 is 15.3 Å². The molecule has 1 heterocycles. The van der Waals surface area contributed by atoms with E-state index in [9.17, 15) is 10.2 Å². The second kappa shape index (κ2) is 4.99. The Hall–Kier alpha value is -1.85. The van der Waals surface area contributed by atoms with E-state index in [-0.39, 0.29) is 18.9 Å². The molecule has 0 radical (unpaired) electrons. The van der Waals surface area contributed by atoms with E-state index in [1.807, 2.05) is 6.07 Å². The molecule has 4 N–H and O–H groups in total. The van der Waals surface area contributed by atoms with Gasteiger partial charge in [0.2, 0.25) is 0 Å². The number of aromatic hydroxyl groups is 1. The average molecular weight is 234 g/mol. The lowest BCUT2D eigenvalue weighted by Gasteiger charge is -2.11. The second-order valence-electron chi connectivity index (χ2n) is 3.78. The molecule has 0 aliphatic heterocycles. The highest BCUT2D eigenvalue weighted by Gasteiger charge is 2.06. The number of anilines is 1. The third-order valence-corrected chi connectivity index (χ3v) is 2.47. The number of aliphatic hydroxyl groups excluding tert-OH is 2. The molecule has 1 aromatic heterocycles. The van der Waals surface area contributed by atoms with E-state index in [1.54, 1.807) is 24.4 Å². The average Bonchev–Trinajstić information content (AvgIpc) is 2.35. The number of rotatable bonds is 4. The molecule has 0 aliphatic carbocycles. The first-order chi connectivity index (χ1) is 8.20. The normalized spacial score (nSPS) is 12.6. The third kappa shape index (κ3) is 2.64. The van der Waals surface area contributed by atoms with Gasteiger partial charge in [-0.2, -0.15) is 0 Å². The van der Waals surface area contributed by atoms with Crippen LogP contribution in [0.25, 0.3) is 10.8 Å². The molecular formula is C12H14N2O3. The molecule has 2 aromatic rings. The van der Waals surface area contributed by atoms with Gasteiger partial charge in [-0.3, -0.25) is 0 Å². The van der Waals surface area contributed by atoms with E-state index in [0.717, 1.165) is 10.8 Å². The summed E-state index contributed by atoms with van der Waals surface area (Å²) >= 11 is 0. The zero-order valence-corrected chi connectivity index (χ0v) is 9.17. The molecular weight excluding hydrogens is 220 g/mol. The van der Waals surface area contributed by atoms with Crippen LogP contribution in [0.2, 0.25) is 0 Å². The van der Waals surface area contributed by atoms with Gasteiger partial charge in [-0.1, -0.05) is 6.07 Å². The van der Waals surface area contributed by atoms with Crippen LogP contribution in [-0.4, -0.2) is 39.6 Å². The number of hydrogen-bond donors (Lipinski definition) is 4. The second-order valence-corrected chi connectivity index (χ2v) is 3.78. The summed E-state index contributed by atoms with van der Waals surface area (Å²) in [4.78, 5) is 4.14. The quantitative estimate of drug-likeness (QED) is 0.626. The summed E-state index contributed by atoms with van der Waals surface area (Å²) in [5, 5.41) is 32.1. The van der Waals surface area contributed by atoms with Gasteiger partial charge >= 0.3 is 0 Å². The highest BCUT2D eigenvalue weighted by Crippen LogP contribution is 2.24. The molecule has 1 unspecified atom stereocenters. The van der Waals surface area contributed by atoms with Crippen LogP contribution in [0.1, 0.15) is 0 Å². The lowest BCUT2D eigenvalue weighted by molar-refractivity contribution is 0.105. The Morgan fingerprint density at radius 1 is 1.29 bits per heavy atom. The topological polar surface area (TPSA) is 85.6 Å².